The maximum absolute atomic E-state index is 2.60. The van der Waals surface area contributed by atoms with Crippen LogP contribution in [-0.2, 0) is 27.1 Å². The fourth-order valence-electron chi connectivity index (χ4n) is 11.4. The molecule has 2 heteroatoms. The van der Waals surface area contributed by atoms with Crippen LogP contribution in [0.5, 0.6) is 0 Å². The summed E-state index contributed by atoms with van der Waals surface area (Å²) in [7, 11) is 0. The Bertz CT molecular complexity index is 3080. The first-order chi connectivity index (χ1) is 28.8. The van der Waals surface area contributed by atoms with Gasteiger partial charge in [-0.1, -0.05) is 174 Å². The summed E-state index contributed by atoms with van der Waals surface area (Å²) in [5, 5.41) is 2.76. The average Bonchev–Trinajstić information content (AvgIpc) is 3.86. The largest absolute Gasteiger partial charge is 0.310 e. The summed E-state index contributed by atoms with van der Waals surface area (Å²) in [5.41, 5.74) is 22.6. The number of anilines is 3. The lowest BCUT2D eigenvalue weighted by atomic mass is 9.79. The lowest BCUT2D eigenvalue weighted by Crippen LogP contribution is -2.18. The molecule has 1 aromatic heterocycles. The Morgan fingerprint density at radius 1 is 0.410 bits per heavy atom. The molecule has 1 nitrogen and oxygen atoms in total. The monoisotopic (exact) mass is 811 g/mol. The van der Waals surface area contributed by atoms with Gasteiger partial charge in [0.25, 0.3) is 0 Å². The Kier molecular flexibility index (Phi) is 7.79. The van der Waals surface area contributed by atoms with E-state index in [2.05, 4.69) is 215 Å². The van der Waals surface area contributed by atoms with Gasteiger partial charge in [-0.25, -0.2) is 0 Å². The molecule has 0 unspecified atom stereocenters. The van der Waals surface area contributed by atoms with Gasteiger partial charge >= 0.3 is 0 Å². The summed E-state index contributed by atoms with van der Waals surface area (Å²) in [4.78, 5) is 2.60. The number of hydrogen-bond donors (Lipinski definition) is 0. The Labute approximate surface area is 367 Å². The third kappa shape index (κ3) is 5.24. The van der Waals surface area contributed by atoms with Gasteiger partial charge in [0, 0.05) is 58.9 Å². The molecule has 0 bridgehead atoms. The number of benzene rings is 7. The maximum atomic E-state index is 2.60. The third-order valence-corrected chi connectivity index (χ3v) is 16.2. The molecular formula is C59H57NS. The molecule has 8 aromatic rings. The number of fused-ring (bicyclic) bond motifs is 13. The first-order valence-electron chi connectivity index (χ1n) is 22.3. The Morgan fingerprint density at radius 2 is 0.918 bits per heavy atom. The Balaban J connectivity index is 1.21. The van der Waals surface area contributed by atoms with Gasteiger partial charge < -0.3 is 4.90 Å². The summed E-state index contributed by atoms with van der Waals surface area (Å²) in [6, 6.07) is 49.6. The highest BCUT2D eigenvalue weighted by atomic mass is 32.1. The molecule has 3 aliphatic carbocycles. The summed E-state index contributed by atoms with van der Waals surface area (Å²) in [6.07, 6.45) is 0. The lowest BCUT2D eigenvalue weighted by Gasteiger charge is -2.31. The van der Waals surface area contributed by atoms with Crippen LogP contribution in [0.15, 0.2) is 127 Å². The molecule has 0 N–H and O–H groups in total. The van der Waals surface area contributed by atoms with Gasteiger partial charge in [-0.05, 0) is 114 Å². The molecule has 61 heavy (non-hydrogen) atoms. The van der Waals surface area contributed by atoms with Crippen molar-refractivity contribution in [3.63, 3.8) is 0 Å². The van der Waals surface area contributed by atoms with Crippen LogP contribution in [-0.4, -0.2) is 0 Å². The zero-order valence-corrected chi connectivity index (χ0v) is 38.8. The van der Waals surface area contributed by atoms with Crippen molar-refractivity contribution in [3.8, 4) is 33.4 Å². The smallest absolute Gasteiger partial charge is 0.0543 e. The van der Waals surface area contributed by atoms with Gasteiger partial charge in [0.05, 0.1) is 5.69 Å². The van der Waals surface area contributed by atoms with Crippen molar-refractivity contribution >= 4 is 48.6 Å². The third-order valence-electron chi connectivity index (χ3n) is 14.9. The SMILES string of the molecule is CC(C)(C)c1cc(C(C)(C)C)c2sc3c4c(ccc3c2c1)C(C)(C)c1cccc(N(c2ccc3c(c2)C(C)(C)c2ccccc2-3)c2ccc3c(c2)C(C)(C)c2ccccc2-3)c1-4. The van der Waals surface area contributed by atoms with Crippen molar-refractivity contribution in [2.75, 3.05) is 4.90 Å². The van der Waals surface area contributed by atoms with E-state index >= 15 is 0 Å². The van der Waals surface area contributed by atoms with Crippen molar-refractivity contribution in [1.29, 1.82) is 0 Å². The van der Waals surface area contributed by atoms with Crippen molar-refractivity contribution in [2.24, 2.45) is 0 Å². The highest BCUT2D eigenvalue weighted by Gasteiger charge is 2.42. The highest BCUT2D eigenvalue weighted by Crippen LogP contribution is 2.60. The second kappa shape index (κ2) is 12.4. The van der Waals surface area contributed by atoms with Crippen LogP contribution in [0, 0.1) is 0 Å². The summed E-state index contributed by atoms with van der Waals surface area (Å²) >= 11 is 2.02. The molecule has 1 heterocycles. The van der Waals surface area contributed by atoms with Gasteiger partial charge in [-0.3, -0.25) is 0 Å². The molecule has 0 atom stereocenters. The molecule has 0 saturated heterocycles. The molecule has 3 aliphatic rings. The van der Waals surface area contributed by atoms with Gasteiger partial charge in [-0.15, -0.1) is 11.3 Å². The Hall–Kier alpha value is -5.44. The molecule has 0 spiro atoms. The van der Waals surface area contributed by atoms with Gasteiger partial charge in [-0.2, -0.15) is 0 Å². The molecule has 0 amide bonds. The van der Waals surface area contributed by atoms with Crippen molar-refractivity contribution in [3.05, 3.63) is 172 Å². The fraction of sp³-hybridized carbons (Fsp3) is 0.288. The predicted octanol–water partition coefficient (Wildman–Crippen LogP) is 17.0. The fourth-order valence-corrected chi connectivity index (χ4v) is 13.0. The van der Waals surface area contributed by atoms with Crippen LogP contribution in [0.2, 0.25) is 0 Å². The first kappa shape index (κ1) is 38.5. The minimum Gasteiger partial charge on any atom is -0.310 e. The van der Waals surface area contributed by atoms with E-state index in [-0.39, 0.29) is 27.1 Å². The van der Waals surface area contributed by atoms with Crippen LogP contribution in [0.1, 0.15) is 128 Å². The van der Waals surface area contributed by atoms with E-state index in [1.807, 2.05) is 11.3 Å². The topological polar surface area (TPSA) is 3.24 Å². The van der Waals surface area contributed by atoms with E-state index in [9.17, 15) is 0 Å². The minimum atomic E-state index is -0.177. The predicted molar refractivity (Wildman–Crippen MR) is 264 cm³/mol. The second-order valence-electron chi connectivity index (χ2n) is 21.8. The summed E-state index contributed by atoms with van der Waals surface area (Å²) in [5.74, 6) is 0. The van der Waals surface area contributed by atoms with E-state index in [1.54, 1.807) is 0 Å². The molecule has 11 rings (SSSR count). The second-order valence-corrected chi connectivity index (χ2v) is 22.8. The van der Waals surface area contributed by atoms with E-state index < -0.39 is 0 Å². The number of rotatable bonds is 3. The summed E-state index contributed by atoms with van der Waals surface area (Å²) < 4.78 is 2.82. The van der Waals surface area contributed by atoms with Crippen molar-refractivity contribution < 1.29 is 0 Å². The number of nitrogens with zero attached hydrogens (tertiary/aromatic N) is 1. The first-order valence-corrected chi connectivity index (χ1v) is 23.1. The van der Waals surface area contributed by atoms with E-state index in [1.165, 1.54) is 115 Å². The number of hydrogen-bond acceptors (Lipinski definition) is 2. The minimum absolute atomic E-state index is 0.00467. The highest BCUT2D eigenvalue weighted by molar-refractivity contribution is 7.26. The van der Waals surface area contributed by atoms with E-state index in [0.29, 0.717) is 0 Å². The summed E-state index contributed by atoms with van der Waals surface area (Å²) in [6.45, 7) is 28.7. The normalized spacial score (nSPS) is 16.3. The molecule has 0 fully saturated rings. The molecule has 0 saturated carbocycles. The van der Waals surface area contributed by atoms with Crippen LogP contribution >= 0.6 is 11.3 Å². The zero-order chi connectivity index (χ0) is 42.8. The van der Waals surface area contributed by atoms with Crippen molar-refractivity contribution in [1.82, 2.24) is 0 Å². The van der Waals surface area contributed by atoms with E-state index in [4.69, 9.17) is 0 Å². The van der Waals surface area contributed by atoms with Crippen LogP contribution in [0.4, 0.5) is 17.1 Å². The number of thiophene rings is 1. The average molecular weight is 812 g/mol. The van der Waals surface area contributed by atoms with Crippen LogP contribution < -0.4 is 4.90 Å². The van der Waals surface area contributed by atoms with Crippen LogP contribution in [0.3, 0.4) is 0 Å². The zero-order valence-electron chi connectivity index (χ0n) is 38.0. The van der Waals surface area contributed by atoms with Gasteiger partial charge in [0.2, 0.25) is 0 Å². The van der Waals surface area contributed by atoms with E-state index in [0.717, 1.165) is 0 Å². The Morgan fingerprint density at radius 3 is 1.48 bits per heavy atom. The molecule has 0 aliphatic heterocycles. The van der Waals surface area contributed by atoms with Gasteiger partial charge in [0.1, 0.15) is 0 Å². The standard InChI is InChI=1S/C59H57NS/c1-55(2,3)34-30-42-41-28-29-46-52(54(41)61-53(42)49(31-34)56(4,5)6)51-45(59(46,11)12)22-17-23-50(51)60(35-24-26-39-37-18-13-15-20-43(37)57(7,8)47(39)32-35)36-25-27-40-38-19-14-16-21-44(38)58(9,10)48(40)33-36/h13-33H,1-12H3. The molecule has 304 valence electrons. The van der Waals surface area contributed by atoms with Gasteiger partial charge in [0.15, 0.2) is 0 Å². The van der Waals surface area contributed by atoms with Crippen LogP contribution in [0.25, 0.3) is 53.6 Å². The maximum Gasteiger partial charge on any atom is 0.0543 e. The molecule has 7 aromatic carbocycles. The molecular weight excluding hydrogens is 755 g/mol. The molecule has 0 radical (unpaired) electrons. The quantitative estimate of drug-likeness (QED) is 0.172. The van der Waals surface area contributed by atoms with Crippen molar-refractivity contribution in [2.45, 2.75) is 110 Å². The lowest BCUT2D eigenvalue weighted by molar-refractivity contribution is 0.573.